The number of nitrogens with zero attached hydrogens (tertiary/aromatic N) is 3. The van der Waals surface area contributed by atoms with Crippen molar-refractivity contribution in [2.45, 2.75) is 26.3 Å². The van der Waals surface area contributed by atoms with E-state index >= 15 is 0 Å². The fourth-order valence-electron chi connectivity index (χ4n) is 1.98. The number of aromatic nitrogens is 2. The lowest BCUT2D eigenvalue weighted by molar-refractivity contribution is 0.127. The summed E-state index contributed by atoms with van der Waals surface area (Å²) in [4.78, 5) is 4.49. The molecule has 0 radical (unpaired) electrons. The first-order valence-corrected chi connectivity index (χ1v) is 6.25. The lowest BCUT2D eigenvalue weighted by atomic mass is 10.3. The van der Waals surface area contributed by atoms with Crippen molar-refractivity contribution in [2.75, 3.05) is 13.2 Å². The quantitative estimate of drug-likeness (QED) is 0.732. The number of fused-ring (bicyclic) bond motifs is 1. The first kappa shape index (κ1) is 12.6. The second-order valence-corrected chi connectivity index (χ2v) is 4.12. The highest BCUT2D eigenvalue weighted by atomic mass is 16.5. The van der Waals surface area contributed by atoms with Crippen LogP contribution in [0.1, 0.15) is 19.2 Å². The number of para-hydroxylation sites is 2. The number of hydrogen-bond acceptors (Lipinski definition) is 3. The fourth-order valence-corrected chi connectivity index (χ4v) is 1.98. The maximum atomic E-state index is 8.84. The number of nitriles is 1. The molecule has 2 aromatic rings. The van der Waals surface area contributed by atoms with Gasteiger partial charge in [0.1, 0.15) is 5.82 Å². The fraction of sp³-hybridized carbons (Fsp3) is 0.429. The van der Waals surface area contributed by atoms with Gasteiger partial charge < -0.3 is 9.30 Å². The Hall–Kier alpha value is -1.86. The van der Waals surface area contributed by atoms with Crippen molar-refractivity contribution < 1.29 is 4.74 Å². The van der Waals surface area contributed by atoms with Gasteiger partial charge in [-0.2, -0.15) is 5.26 Å². The maximum Gasteiger partial charge on any atom is 0.124 e. The second kappa shape index (κ2) is 6.18. The highest BCUT2D eigenvalue weighted by Crippen LogP contribution is 2.16. The van der Waals surface area contributed by atoms with Gasteiger partial charge in [-0.1, -0.05) is 19.1 Å². The molecule has 2 rings (SSSR count). The molecule has 94 valence electrons. The summed E-state index contributed by atoms with van der Waals surface area (Å²) in [6.07, 6.45) is 1.36. The van der Waals surface area contributed by atoms with Gasteiger partial charge in [-0.25, -0.2) is 4.98 Å². The first-order valence-electron chi connectivity index (χ1n) is 6.25. The van der Waals surface area contributed by atoms with Gasteiger partial charge in [-0.05, 0) is 18.6 Å². The van der Waals surface area contributed by atoms with Gasteiger partial charge in [0, 0.05) is 13.2 Å². The highest BCUT2D eigenvalue weighted by molar-refractivity contribution is 5.75. The maximum absolute atomic E-state index is 8.84. The Morgan fingerprint density at radius 1 is 1.33 bits per heavy atom. The van der Waals surface area contributed by atoms with Crippen molar-refractivity contribution in [2.24, 2.45) is 0 Å². The van der Waals surface area contributed by atoms with E-state index in [4.69, 9.17) is 10.00 Å². The smallest absolute Gasteiger partial charge is 0.124 e. The zero-order valence-corrected chi connectivity index (χ0v) is 10.6. The van der Waals surface area contributed by atoms with Crippen LogP contribution in [0, 0.1) is 11.3 Å². The van der Waals surface area contributed by atoms with Crippen LogP contribution in [-0.2, 0) is 17.7 Å². The molecule has 0 aliphatic heterocycles. The van der Waals surface area contributed by atoms with Crippen LogP contribution in [0.5, 0.6) is 0 Å². The van der Waals surface area contributed by atoms with E-state index in [9.17, 15) is 0 Å². The summed E-state index contributed by atoms with van der Waals surface area (Å²) in [5.41, 5.74) is 2.01. The summed E-state index contributed by atoms with van der Waals surface area (Å²) in [5.74, 6) is 0.818. The SMILES string of the molecule is CCCOCCn1c(CC#N)nc2ccccc21. The summed E-state index contributed by atoms with van der Waals surface area (Å²) in [6, 6.07) is 10.1. The Morgan fingerprint density at radius 3 is 2.94 bits per heavy atom. The van der Waals surface area contributed by atoms with E-state index in [1.807, 2.05) is 24.3 Å². The van der Waals surface area contributed by atoms with Crippen LogP contribution in [0.15, 0.2) is 24.3 Å². The molecule has 4 heteroatoms. The molecule has 18 heavy (non-hydrogen) atoms. The van der Waals surface area contributed by atoms with Gasteiger partial charge in [0.05, 0.1) is 30.1 Å². The highest BCUT2D eigenvalue weighted by Gasteiger charge is 2.09. The third kappa shape index (κ3) is 2.69. The van der Waals surface area contributed by atoms with Crippen LogP contribution in [0.3, 0.4) is 0 Å². The van der Waals surface area contributed by atoms with E-state index < -0.39 is 0 Å². The summed E-state index contributed by atoms with van der Waals surface area (Å²) < 4.78 is 7.58. The average molecular weight is 243 g/mol. The van der Waals surface area contributed by atoms with E-state index in [0.717, 1.165) is 36.4 Å². The Balaban J connectivity index is 2.22. The van der Waals surface area contributed by atoms with Gasteiger partial charge in [-0.15, -0.1) is 0 Å². The number of imidazole rings is 1. The molecule has 0 N–H and O–H groups in total. The summed E-state index contributed by atoms with van der Waals surface area (Å²) >= 11 is 0. The van der Waals surface area contributed by atoms with Gasteiger partial charge >= 0.3 is 0 Å². The molecule has 0 unspecified atom stereocenters. The molecule has 0 bridgehead atoms. The monoisotopic (exact) mass is 243 g/mol. The predicted octanol–water partition coefficient (Wildman–Crippen LogP) is 2.53. The zero-order valence-electron chi connectivity index (χ0n) is 10.6. The Bertz CT molecular complexity index is 554. The molecule has 0 saturated carbocycles. The minimum Gasteiger partial charge on any atom is -0.380 e. The van der Waals surface area contributed by atoms with E-state index in [0.29, 0.717) is 13.0 Å². The first-order chi connectivity index (χ1) is 8.86. The molecular formula is C14H17N3O. The van der Waals surface area contributed by atoms with Crippen molar-refractivity contribution in [3.05, 3.63) is 30.1 Å². The van der Waals surface area contributed by atoms with Crippen molar-refractivity contribution >= 4 is 11.0 Å². The molecule has 0 fully saturated rings. The molecule has 1 heterocycles. The van der Waals surface area contributed by atoms with Gasteiger partial charge in [0.25, 0.3) is 0 Å². The minimum atomic E-state index is 0.336. The molecule has 0 spiro atoms. The zero-order chi connectivity index (χ0) is 12.8. The minimum absolute atomic E-state index is 0.336. The Morgan fingerprint density at radius 2 is 2.17 bits per heavy atom. The molecule has 0 amide bonds. The Kier molecular flexibility index (Phi) is 4.32. The van der Waals surface area contributed by atoms with Crippen LogP contribution >= 0.6 is 0 Å². The molecule has 4 nitrogen and oxygen atoms in total. The summed E-state index contributed by atoms with van der Waals surface area (Å²) in [7, 11) is 0. The van der Waals surface area contributed by atoms with Gasteiger partial charge in [0.15, 0.2) is 0 Å². The van der Waals surface area contributed by atoms with Crippen molar-refractivity contribution in [1.29, 1.82) is 5.26 Å². The van der Waals surface area contributed by atoms with Crippen molar-refractivity contribution in [1.82, 2.24) is 9.55 Å². The topological polar surface area (TPSA) is 50.8 Å². The number of hydrogen-bond donors (Lipinski definition) is 0. The van der Waals surface area contributed by atoms with Crippen LogP contribution in [-0.4, -0.2) is 22.8 Å². The van der Waals surface area contributed by atoms with Gasteiger partial charge in [-0.3, -0.25) is 0 Å². The van der Waals surface area contributed by atoms with Crippen LogP contribution in [0.4, 0.5) is 0 Å². The predicted molar refractivity (Wildman–Crippen MR) is 70.2 cm³/mol. The van der Waals surface area contributed by atoms with Crippen molar-refractivity contribution in [3.8, 4) is 6.07 Å². The van der Waals surface area contributed by atoms with E-state index in [1.54, 1.807) is 0 Å². The molecular weight excluding hydrogens is 226 g/mol. The summed E-state index contributed by atoms with van der Waals surface area (Å²) in [6.45, 7) is 4.28. The lowest BCUT2D eigenvalue weighted by Gasteiger charge is -2.07. The third-order valence-corrected chi connectivity index (χ3v) is 2.78. The number of benzene rings is 1. The second-order valence-electron chi connectivity index (χ2n) is 4.12. The van der Waals surface area contributed by atoms with Crippen molar-refractivity contribution in [3.63, 3.8) is 0 Å². The largest absolute Gasteiger partial charge is 0.380 e. The average Bonchev–Trinajstić information content (AvgIpc) is 2.73. The molecule has 0 saturated heterocycles. The Labute approximate surface area is 107 Å². The lowest BCUT2D eigenvalue weighted by Crippen LogP contribution is -2.09. The normalized spacial score (nSPS) is 10.7. The molecule has 0 aliphatic carbocycles. The molecule has 1 aromatic carbocycles. The molecule has 0 atom stereocenters. The summed E-state index contributed by atoms with van der Waals surface area (Å²) in [5, 5.41) is 8.84. The molecule has 1 aromatic heterocycles. The standard InChI is InChI=1S/C14H17N3O/c1-2-10-18-11-9-17-13-6-4-3-5-12(13)16-14(17)7-8-15/h3-6H,2,7,9-11H2,1H3. The van der Waals surface area contributed by atoms with E-state index in [-0.39, 0.29) is 0 Å². The molecule has 0 aliphatic rings. The van der Waals surface area contributed by atoms with Crippen LogP contribution < -0.4 is 0 Å². The number of ether oxygens (including phenoxy) is 1. The van der Waals surface area contributed by atoms with Crippen LogP contribution in [0.2, 0.25) is 0 Å². The van der Waals surface area contributed by atoms with E-state index in [2.05, 4.69) is 22.5 Å². The van der Waals surface area contributed by atoms with E-state index in [1.165, 1.54) is 0 Å². The number of rotatable bonds is 6. The third-order valence-electron chi connectivity index (χ3n) is 2.78. The van der Waals surface area contributed by atoms with Gasteiger partial charge in [0.2, 0.25) is 0 Å². The van der Waals surface area contributed by atoms with Crippen LogP contribution in [0.25, 0.3) is 11.0 Å².